The van der Waals surface area contributed by atoms with Crippen molar-refractivity contribution >= 4 is 0 Å². The smallest absolute Gasteiger partial charge is 0.115 e. The quantitative estimate of drug-likeness (QED) is 0.907. The highest BCUT2D eigenvalue weighted by atomic mass is 16.3. The number of fused-ring (bicyclic) bond motifs is 1. The van der Waals surface area contributed by atoms with Crippen LogP contribution in [0.25, 0.3) is 0 Å². The molecule has 0 saturated heterocycles. The van der Waals surface area contributed by atoms with E-state index in [0.717, 1.165) is 16.7 Å². The van der Waals surface area contributed by atoms with E-state index < -0.39 is 11.5 Å². The second-order valence-corrected chi connectivity index (χ2v) is 5.55. The van der Waals surface area contributed by atoms with Gasteiger partial charge in [0.2, 0.25) is 0 Å². The zero-order valence-electron chi connectivity index (χ0n) is 11.4. The van der Waals surface area contributed by atoms with Gasteiger partial charge in [-0.2, -0.15) is 5.26 Å². The zero-order chi connectivity index (χ0) is 14.2. The Morgan fingerprint density at radius 1 is 1.20 bits per heavy atom. The highest BCUT2D eigenvalue weighted by molar-refractivity contribution is 5.39. The molecular formula is C17H16N2O. The lowest BCUT2D eigenvalue weighted by Crippen LogP contribution is -2.28. The van der Waals surface area contributed by atoms with E-state index in [9.17, 15) is 10.4 Å². The van der Waals surface area contributed by atoms with Gasteiger partial charge in [0.1, 0.15) is 6.10 Å². The van der Waals surface area contributed by atoms with Gasteiger partial charge in [-0.15, -0.1) is 0 Å². The van der Waals surface area contributed by atoms with E-state index in [2.05, 4.69) is 11.1 Å². The van der Waals surface area contributed by atoms with Crippen molar-refractivity contribution in [1.29, 1.82) is 5.26 Å². The van der Waals surface area contributed by atoms with E-state index in [1.165, 1.54) is 0 Å². The SMILES string of the molecule is Cc1ccc(C(O)C2(C#N)Cc3ccccc3C2)nc1. The molecule has 0 amide bonds. The number of benzene rings is 1. The summed E-state index contributed by atoms with van der Waals surface area (Å²) in [7, 11) is 0. The lowest BCUT2D eigenvalue weighted by molar-refractivity contribution is 0.0655. The first-order valence-corrected chi connectivity index (χ1v) is 6.73. The van der Waals surface area contributed by atoms with Gasteiger partial charge in [-0.25, -0.2) is 0 Å². The van der Waals surface area contributed by atoms with Gasteiger partial charge in [0.15, 0.2) is 0 Å². The fourth-order valence-electron chi connectivity index (χ4n) is 2.90. The summed E-state index contributed by atoms with van der Waals surface area (Å²) in [5.74, 6) is 0. The molecule has 1 heterocycles. The number of hydrogen-bond acceptors (Lipinski definition) is 3. The summed E-state index contributed by atoms with van der Waals surface area (Å²) >= 11 is 0. The molecular weight excluding hydrogens is 248 g/mol. The number of hydrogen-bond donors (Lipinski definition) is 1. The largest absolute Gasteiger partial charge is 0.385 e. The maximum Gasteiger partial charge on any atom is 0.115 e. The molecule has 1 atom stereocenters. The molecule has 3 nitrogen and oxygen atoms in total. The van der Waals surface area contributed by atoms with Crippen molar-refractivity contribution in [3.8, 4) is 6.07 Å². The Morgan fingerprint density at radius 2 is 1.85 bits per heavy atom. The van der Waals surface area contributed by atoms with E-state index in [1.54, 1.807) is 6.20 Å². The molecule has 3 rings (SSSR count). The van der Waals surface area contributed by atoms with E-state index in [-0.39, 0.29) is 0 Å². The second kappa shape index (κ2) is 4.73. The van der Waals surface area contributed by atoms with E-state index in [1.807, 2.05) is 43.3 Å². The minimum Gasteiger partial charge on any atom is -0.385 e. The number of nitrogens with zero attached hydrogens (tertiary/aromatic N) is 2. The van der Waals surface area contributed by atoms with Gasteiger partial charge < -0.3 is 5.11 Å². The van der Waals surface area contributed by atoms with Gasteiger partial charge in [0.25, 0.3) is 0 Å². The number of aryl methyl sites for hydroxylation is 1. The van der Waals surface area contributed by atoms with Gasteiger partial charge in [-0.1, -0.05) is 30.3 Å². The summed E-state index contributed by atoms with van der Waals surface area (Å²) in [4.78, 5) is 4.28. The molecule has 100 valence electrons. The Bertz CT molecular complexity index is 645. The van der Waals surface area contributed by atoms with Crippen LogP contribution in [0.5, 0.6) is 0 Å². The number of rotatable bonds is 2. The fraction of sp³-hybridized carbons (Fsp3) is 0.294. The molecule has 1 aliphatic rings. The maximum absolute atomic E-state index is 10.6. The van der Waals surface area contributed by atoms with Crippen LogP contribution in [-0.4, -0.2) is 10.1 Å². The third kappa shape index (κ3) is 1.99. The summed E-state index contributed by atoms with van der Waals surface area (Å²) in [6.45, 7) is 1.95. The summed E-state index contributed by atoms with van der Waals surface area (Å²) in [5, 5.41) is 20.3. The normalized spacial score (nSPS) is 17.2. The number of aliphatic hydroxyl groups is 1. The fourth-order valence-corrected chi connectivity index (χ4v) is 2.90. The summed E-state index contributed by atoms with van der Waals surface area (Å²) < 4.78 is 0. The number of aliphatic hydroxyl groups excluding tert-OH is 1. The number of pyridine rings is 1. The van der Waals surface area contributed by atoms with Gasteiger partial charge in [-0.05, 0) is 42.5 Å². The molecule has 0 aliphatic heterocycles. The van der Waals surface area contributed by atoms with E-state index >= 15 is 0 Å². The monoisotopic (exact) mass is 264 g/mol. The first-order valence-electron chi connectivity index (χ1n) is 6.73. The summed E-state index contributed by atoms with van der Waals surface area (Å²) in [6.07, 6.45) is 2.03. The predicted octanol–water partition coefficient (Wildman–Crippen LogP) is 2.73. The van der Waals surface area contributed by atoms with Crippen LogP contribution in [0.4, 0.5) is 0 Å². The Kier molecular flexibility index (Phi) is 3.04. The summed E-state index contributed by atoms with van der Waals surface area (Å²) in [6, 6.07) is 14.1. The van der Waals surface area contributed by atoms with Gasteiger partial charge in [0, 0.05) is 6.20 Å². The highest BCUT2D eigenvalue weighted by Gasteiger charge is 2.44. The van der Waals surface area contributed by atoms with Crippen LogP contribution in [0.1, 0.15) is 28.5 Å². The van der Waals surface area contributed by atoms with Crippen LogP contribution in [0.15, 0.2) is 42.6 Å². The number of nitriles is 1. The Hall–Kier alpha value is -2.18. The third-order valence-electron chi connectivity index (χ3n) is 4.09. The second-order valence-electron chi connectivity index (χ2n) is 5.55. The van der Waals surface area contributed by atoms with Crippen LogP contribution in [-0.2, 0) is 12.8 Å². The van der Waals surface area contributed by atoms with Gasteiger partial charge in [-0.3, -0.25) is 4.98 Å². The Labute approximate surface area is 118 Å². The molecule has 0 spiro atoms. The van der Waals surface area contributed by atoms with Crippen LogP contribution in [0.2, 0.25) is 0 Å². The van der Waals surface area contributed by atoms with Crippen LogP contribution in [0.3, 0.4) is 0 Å². The van der Waals surface area contributed by atoms with Crippen molar-refractivity contribution in [2.24, 2.45) is 5.41 Å². The standard InChI is InChI=1S/C17H16N2O/c1-12-6-7-15(19-10-12)16(20)17(11-18)8-13-4-2-3-5-14(13)9-17/h2-7,10,16,20H,8-9H2,1H3. The van der Waals surface area contributed by atoms with Gasteiger partial charge >= 0.3 is 0 Å². The van der Waals surface area contributed by atoms with Gasteiger partial charge in [0.05, 0.1) is 17.2 Å². The molecule has 0 saturated carbocycles. The van der Waals surface area contributed by atoms with Crippen molar-refractivity contribution in [2.75, 3.05) is 0 Å². The van der Waals surface area contributed by atoms with E-state index in [4.69, 9.17) is 0 Å². The Morgan fingerprint density at radius 3 is 2.35 bits per heavy atom. The highest BCUT2D eigenvalue weighted by Crippen LogP contribution is 2.44. The van der Waals surface area contributed by atoms with Crippen molar-refractivity contribution in [2.45, 2.75) is 25.9 Å². The molecule has 1 aliphatic carbocycles. The topological polar surface area (TPSA) is 56.9 Å². The van der Waals surface area contributed by atoms with Crippen molar-refractivity contribution < 1.29 is 5.11 Å². The predicted molar refractivity (Wildman–Crippen MR) is 75.8 cm³/mol. The summed E-state index contributed by atoms with van der Waals surface area (Å²) in [5.41, 5.74) is 3.12. The minimum atomic E-state index is -0.861. The molecule has 1 aromatic carbocycles. The van der Waals surface area contributed by atoms with Crippen LogP contribution >= 0.6 is 0 Å². The van der Waals surface area contributed by atoms with Crippen molar-refractivity contribution in [3.05, 3.63) is 65.0 Å². The first-order chi connectivity index (χ1) is 9.64. The Balaban J connectivity index is 1.96. The number of aromatic nitrogens is 1. The third-order valence-corrected chi connectivity index (χ3v) is 4.09. The van der Waals surface area contributed by atoms with Crippen LogP contribution in [0, 0.1) is 23.7 Å². The van der Waals surface area contributed by atoms with E-state index in [0.29, 0.717) is 18.5 Å². The zero-order valence-corrected chi connectivity index (χ0v) is 11.4. The first kappa shape index (κ1) is 12.8. The molecule has 1 aromatic heterocycles. The lowest BCUT2D eigenvalue weighted by Gasteiger charge is -2.26. The van der Waals surface area contributed by atoms with Crippen molar-refractivity contribution in [3.63, 3.8) is 0 Å². The molecule has 1 N–H and O–H groups in total. The molecule has 2 aromatic rings. The molecule has 0 bridgehead atoms. The molecule has 20 heavy (non-hydrogen) atoms. The average molecular weight is 264 g/mol. The maximum atomic E-state index is 10.6. The molecule has 0 fully saturated rings. The molecule has 3 heteroatoms. The van der Waals surface area contributed by atoms with Crippen molar-refractivity contribution in [1.82, 2.24) is 4.98 Å². The lowest BCUT2D eigenvalue weighted by atomic mass is 9.79. The molecule has 0 radical (unpaired) electrons. The average Bonchev–Trinajstić information content (AvgIpc) is 2.87. The van der Waals surface area contributed by atoms with Crippen LogP contribution < -0.4 is 0 Å². The minimum absolute atomic E-state index is 0.574. The molecule has 1 unspecified atom stereocenters.